The van der Waals surface area contributed by atoms with E-state index in [1.54, 1.807) is 6.08 Å². The zero-order chi connectivity index (χ0) is 38.0. The Balaban J connectivity index is 4.51. The fraction of sp³-hybridized carbons (Fsp3) is 0.763. The molecule has 12 nitrogen and oxygen atoms in total. The number of hydrogen-bond donors (Lipinski definition) is 4. The quantitative estimate of drug-likeness (QED) is 0.0160. The van der Waals surface area contributed by atoms with Gasteiger partial charge in [-0.05, 0) is 38.5 Å². The number of aliphatic hydroxyl groups is 1. The summed E-state index contributed by atoms with van der Waals surface area (Å²) in [5.41, 5.74) is 5.31. The fourth-order valence-electron chi connectivity index (χ4n) is 4.92. The molecule has 0 aromatic heterocycles. The lowest BCUT2D eigenvalue weighted by Crippen LogP contribution is -2.34. The molecule has 0 aliphatic carbocycles. The van der Waals surface area contributed by atoms with Gasteiger partial charge < -0.3 is 30.3 Å². The van der Waals surface area contributed by atoms with Crippen LogP contribution >= 0.6 is 7.82 Å². The summed E-state index contributed by atoms with van der Waals surface area (Å²) in [6.07, 6.45) is 29.8. The van der Waals surface area contributed by atoms with Crippen LogP contribution in [-0.2, 0) is 37.5 Å². The minimum atomic E-state index is -4.73. The Labute approximate surface area is 306 Å². The lowest BCUT2D eigenvalue weighted by atomic mass is 10.1. The summed E-state index contributed by atoms with van der Waals surface area (Å²) in [4.78, 5) is 45.7. The third kappa shape index (κ3) is 33.3. The van der Waals surface area contributed by atoms with Gasteiger partial charge in [0.25, 0.3) is 0 Å². The van der Waals surface area contributed by atoms with Gasteiger partial charge in [0.15, 0.2) is 6.10 Å². The predicted octanol–water partition coefficient (Wildman–Crippen LogP) is 8.25. The van der Waals surface area contributed by atoms with Crippen LogP contribution in [-0.4, -0.2) is 71.1 Å². The van der Waals surface area contributed by atoms with Crippen molar-refractivity contribution in [1.82, 2.24) is 0 Å². The lowest BCUT2D eigenvalue weighted by Gasteiger charge is -2.20. The molecule has 0 aromatic carbocycles. The van der Waals surface area contributed by atoms with E-state index in [0.717, 1.165) is 57.8 Å². The van der Waals surface area contributed by atoms with Gasteiger partial charge >= 0.3 is 25.7 Å². The van der Waals surface area contributed by atoms with Crippen LogP contribution in [0.1, 0.15) is 149 Å². The first-order valence-corrected chi connectivity index (χ1v) is 20.6. The summed E-state index contributed by atoms with van der Waals surface area (Å²) in [5, 5.41) is 18.7. The molecule has 0 spiro atoms. The van der Waals surface area contributed by atoms with E-state index in [9.17, 15) is 28.9 Å². The molecule has 296 valence electrons. The SMILES string of the molecule is CC/C=C/CC(O)/C=C/C=C/CCCCCCCC(=O)O[C@H](COC(=O)CCCCCCCCCCCCC)COP(=O)(O)OC[C@H](N)C(=O)O. The summed E-state index contributed by atoms with van der Waals surface area (Å²) < 4.78 is 32.5. The largest absolute Gasteiger partial charge is 0.480 e. The standard InChI is InChI=1S/C38H68NO11P/c1-3-5-7-8-9-10-11-14-17-20-24-28-36(41)47-30-34(31-48-51(45,46)49-32-35(39)38(43)44)50-37(42)29-25-21-18-15-12-13-16-19-23-27-33(40)26-22-6-4-2/h6,16,19,22-23,27,33-35,40H,3-5,7-15,17-18,20-21,24-26,28-32,39H2,1-2H3,(H,43,44)(H,45,46)/b19-16+,22-6+,27-23+/t33?,34-,35+/m1/s1. The molecule has 51 heavy (non-hydrogen) atoms. The van der Waals surface area contributed by atoms with Crippen molar-refractivity contribution in [2.75, 3.05) is 19.8 Å². The Bertz CT molecular complexity index is 1030. The van der Waals surface area contributed by atoms with Crippen LogP contribution in [0.5, 0.6) is 0 Å². The van der Waals surface area contributed by atoms with E-state index in [0.29, 0.717) is 19.3 Å². The number of rotatable bonds is 35. The van der Waals surface area contributed by atoms with Gasteiger partial charge in [0.1, 0.15) is 12.6 Å². The lowest BCUT2D eigenvalue weighted by molar-refractivity contribution is -0.161. The Morgan fingerprint density at radius 3 is 1.84 bits per heavy atom. The van der Waals surface area contributed by atoms with E-state index >= 15 is 0 Å². The van der Waals surface area contributed by atoms with E-state index in [4.69, 9.17) is 24.8 Å². The van der Waals surface area contributed by atoms with Crippen LogP contribution in [0.4, 0.5) is 0 Å². The van der Waals surface area contributed by atoms with Gasteiger partial charge in [0, 0.05) is 12.8 Å². The molecule has 2 unspecified atom stereocenters. The summed E-state index contributed by atoms with van der Waals surface area (Å²) in [6, 6.07) is -1.53. The summed E-state index contributed by atoms with van der Waals surface area (Å²) in [7, 11) is -4.73. The number of aliphatic carboxylic acids is 1. The predicted molar refractivity (Wildman–Crippen MR) is 200 cm³/mol. The van der Waals surface area contributed by atoms with Crippen molar-refractivity contribution >= 4 is 25.7 Å². The number of ether oxygens (including phenoxy) is 2. The number of carbonyl (C=O) groups is 3. The molecule has 0 heterocycles. The summed E-state index contributed by atoms with van der Waals surface area (Å²) >= 11 is 0. The minimum Gasteiger partial charge on any atom is -0.480 e. The highest BCUT2D eigenvalue weighted by Crippen LogP contribution is 2.43. The minimum absolute atomic E-state index is 0.115. The number of nitrogens with two attached hydrogens (primary N) is 1. The number of esters is 2. The molecule has 0 aromatic rings. The number of carbonyl (C=O) groups excluding carboxylic acids is 2. The van der Waals surface area contributed by atoms with Crippen LogP contribution in [0.15, 0.2) is 36.5 Å². The van der Waals surface area contributed by atoms with E-state index in [1.807, 2.05) is 24.3 Å². The van der Waals surface area contributed by atoms with E-state index in [2.05, 4.69) is 24.4 Å². The van der Waals surface area contributed by atoms with Crippen molar-refractivity contribution in [3.05, 3.63) is 36.5 Å². The molecular formula is C38H68NO11P. The fourth-order valence-corrected chi connectivity index (χ4v) is 5.70. The second-order valence-electron chi connectivity index (χ2n) is 12.9. The first kappa shape index (κ1) is 48.7. The summed E-state index contributed by atoms with van der Waals surface area (Å²) in [6.45, 7) is 2.53. The maximum Gasteiger partial charge on any atom is 0.472 e. The number of phosphoric acid groups is 1. The van der Waals surface area contributed by atoms with Crippen LogP contribution in [0.3, 0.4) is 0 Å². The molecule has 0 bridgehead atoms. The smallest absolute Gasteiger partial charge is 0.472 e. The van der Waals surface area contributed by atoms with Crippen LogP contribution in [0.25, 0.3) is 0 Å². The molecule has 0 aliphatic heterocycles. The molecular weight excluding hydrogens is 677 g/mol. The Morgan fingerprint density at radius 1 is 0.706 bits per heavy atom. The molecule has 0 saturated heterocycles. The number of allylic oxidation sites excluding steroid dienone is 4. The third-order valence-electron chi connectivity index (χ3n) is 7.98. The molecule has 0 saturated carbocycles. The Hall–Kier alpha value is -2.34. The van der Waals surface area contributed by atoms with Crippen LogP contribution in [0.2, 0.25) is 0 Å². The molecule has 0 amide bonds. The number of carboxylic acid groups (broad SMARTS) is 1. The van der Waals surface area contributed by atoms with Gasteiger partial charge in [-0.3, -0.25) is 23.4 Å². The maximum absolute atomic E-state index is 12.6. The van der Waals surface area contributed by atoms with E-state index < -0.39 is 57.2 Å². The number of aliphatic hydroxyl groups excluding tert-OH is 1. The molecule has 13 heteroatoms. The Kier molecular flexibility index (Phi) is 32.0. The van der Waals surface area contributed by atoms with Crippen molar-refractivity contribution in [1.29, 1.82) is 0 Å². The Morgan fingerprint density at radius 2 is 1.25 bits per heavy atom. The summed E-state index contributed by atoms with van der Waals surface area (Å²) in [5.74, 6) is -2.45. The van der Waals surface area contributed by atoms with Crippen molar-refractivity contribution in [3.8, 4) is 0 Å². The van der Waals surface area contributed by atoms with E-state index in [-0.39, 0.29) is 19.4 Å². The molecule has 0 aliphatic rings. The molecule has 0 fully saturated rings. The second-order valence-corrected chi connectivity index (χ2v) is 14.3. The molecule has 0 rings (SSSR count). The van der Waals surface area contributed by atoms with Gasteiger partial charge in [-0.2, -0.15) is 0 Å². The van der Waals surface area contributed by atoms with Crippen LogP contribution in [0, 0.1) is 0 Å². The van der Waals surface area contributed by atoms with Gasteiger partial charge in [0.2, 0.25) is 0 Å². The van der Waals surface area contributed by atoms with Crippen molar-refractivity contribution in [2.45, 2.75) is 167 Å². The zero-order valence-corrected chi connectivity index (χ0v) is 32.2. The van der Waals surface area contributed by atoms with Crippen molar-refractivity contribution in [2.24, 2.45) is 5.73 Å². The number of carboxylic acids is 1. The number of unbranched alkanes of at least 4 members (excludes halogenated alkanes) is 15. The molecule has 4 atom stereocenters. The van der Waals surface area contributed by atoms with E-state index in [1.165, 1.54) is 44.9 Å². The highest BCUT2D eigenvalue weighted by Gasteiger charge is 2.28. The topological polar surface area (TPSA) is 192 Å². The van der Waals surface area contributed by atoms with Crippen LogP contribution < -0.4 is 5.73 Å². The van der Waals surface area contributed by atoms with Gasteiger partial charge in [-0.15, -0.1) is 0 Å². The highest BCUT2D eigenvalue weighted by atomic mass is 31.2. The number of hydrogen-bond acceptors (Lipinski definition) is 10. The normalized spacial score (nSPS) is 14.9. The average Bonchev–Trinajstić information content (AvgIpc) is 3.09. The molecule has 5 N–H and O–H groups in total. The van der Waals surface area contributed by atoms with Crippen molar-refractivity contribution in [3.63, 3.8) is 0 Å². The van der Waals surface area contributed by atoms with Gasteiger partial charge in [-0.1, -0.05) is 134 Å². The monoisotopic (exact) mass is 745 g/mol. The first-order valence-electron chi connectivity index (χ1n) is 19.1. The second kappa shape index (κ2) is 33.5. The van der Waals surface area contributed by atoms with Gasteiger partial charge in [0.05, 0.1) is 19.3 Å². The zero-order valence-electron chi connectivity index (χ0n) is 31.3. The van der Waals surface area contributed by atoms with Gasteiger partial charge in [-0.25, -0.2) is 4.57 Å². The third-order valence-corrected chi connectivity index (χ3v) is 8.93. The first-order chi connectivity index (χ1) is 24.5. The molecule has 0 radical (unpaired) electrons. The highest BCUT2D eigenvalue weighted by molar-refractivity contribution is 7.47. The van der Waals surface area contributed by atoms with Crippen molar-refractivity contribution < 1.29 is 52.6 Å². The number of phosphoric ester groups is 1. The maximum atomic E-state index is 12.6. The average molecular weight is 746 g/mol.